The predicted molar refractivity (Wildman–Crippen MR) is 107 cm³/mol. The maximum Gasteiger partial charge on any atom is 0.410 e. The molecule has 6 heteroatoms. The third kappa shape index (κ3) is 5.45. The molecule has 3 unspecified atom stereocenters. The molecule has 3 rings (SSSR count). The van der Waals surface area contributed by atoms with Crippen molar-refractivity contribution in [3.8, 4) is 0 Å². The van der Waals surface area contributed by atoms with Crippen molar-refractivity contribution in [2.24, 2.45) is 5.92 Å². The molecule has 0 saturated carbocycles. The summed E-state index contributed by atoms with van der Waals surface area (Å²) in [6, 6.07) is 7.30. The molecule has 156 valence electrons. The van der Waals surface area contributed by atoms with Crippen molar-refractivity contribution < 1.29 is 18.7 Å². The minimum Gasteiger partial charge on any atom is -0.444 e. The molecule has 2 fully saturated rings. The third-order valence-electron chi connectivity index (χ3n) is 5.58. The van der Waals surface area contributed by atoms with E-state index in [1.807, 2.05) is 37.8 Å². The van der Waals surface area contributed by atoms with Crippen molar-refractivity contribution in [3.05, 3.63) is 35.6 Å². The Hall–Kier alpha value is -1.66. The molecular formula is C22H33FN2O3. The van der Waals surface area contributed by atoms with Gasteiger partial charge in [0.05, 0.1) is 6.61 Å². The zero-order chi connectivity index (χ0) is 20.1. The smallest absolute Gasteiger partial charge is 0.410 e. The van der Waals surface area contributed by atoms with Crippen molar-refractivity contribution >= 4 is 6.09 Å². The molecule has 1 aromatic carbocycles. The van der Waals surface area contributed by atoms with Gasteiger partial charge in [0.2, 0.25) is 0 Å². The topological polar surface area (TPSA) is 50.8 Å². The second-order valence-corrected chi connectivity index (χ2v) is 8.81. The van der Waals surface area contributed by atoms with Crippen LogP contribution >= 0.6 is 0 Å². The standard InChI is InChI=1S/C22H33FN2O3/c1-22(2,3)28-21(26)25-13-6-9-20(25)17-15-27-14-11-19(17)24-12-10-16-7-4-5-8-18(16)23/h4-5,7-8,17,19-20,24H,6,9-15H2,1-3H3. The molecule has 0 bridgehead atoms. The monoisotopic (exact) mass is 392 g/mol. The number of carbonyl (C=O) groups excluding carboxylic acids is 1. The van der Waals surface area contributed by atoms with Crippen LogP contribution in [0.3, 0.4) is 0 Å². The van der Waals surface area contributed by atoms with Gasteiger partial charge in [-0.2, -0.15) is 0 Å². The van der Waals surface area contributed by atoms with Crippen molar-refractivity contribution in [1.82, 2.24) is 10.2 Å². The van der Waals surface area contributed by atoms with Gasteiger partial charge in [-0.25, -0.2) is 9.18 Å². The van der Waals surface area contributed by atoms with E-state index in [-0.39, 0.29) is 29.9 Å². The maximum atomic E-state index is 13.8. The van der Waals surface area contributed by atoms with Gasteiger partial charge in [0.15, 0.2) is 0 Å². The summed E-state index contributed by atoms with van der Waals surface area (Å²) >= 11 is 0. The van der Waals surface area contributed by atoms with Crippen molar-refractivity contribution in [1.29, 1.82) is 0 Å². The van der Waals surface area contributed by atoms with Crippen LogP contribution in [0, 0.1) is 11.7 Å². The molecular weight excluding hydrogens is 359 g/mol. The molecule has 2 heterocycles. The predicted octanol–water partition coefficient (Wildman–Crippen LogP) is 3.76. The van der Waals surface area contributed by atoms with E-state index in [0.717, 1.165) is 31.4 Å². The first kappa shape index (κ1) is 21.1. The first-order valence-electron chi connectivity index (χ1n) is 10.4. The zero-order valence-corrected chi connectivity index (χ0v) is 17.2. The van der Waals surface area contributed by atoms with E-state index in [1.165, 1.54) is 6.07 Å². The first-order valence-corrected chi connectivity index (χ1v) is 10.4. The highest BCUT2D eigenvalue weighted by Gasteiger charge is 2.41. The second-order valence-electron chi connectivity index (χ2n) is 8.81. The minimum absolute atomic E-state index is 0.126. The molecule has 2 aliphatic rings. The van der Waals surface area contributed by atoms with Gasteiger partial charge in [-0.15, -0.1) is 0 Å². The molecule has 28 heavy (non-hydrogen) atoms. The summed E-state index contributed by atoms with van der Waals surface area (Å²) < 4.78 is 25.2. The van der Waals surface area contributed by atoms with Crippen LogP contribution in [0.4, 0.5) is 9.18 Å². The molecule has 0 aliphatic carbocycles. The lowest BCUT2D eigenvalue weighted by Gasteiger charge is -2.40. The fraction of sp³-hybridized carbons (Fsp3) is 0.682. The number of amides is 1. The van der Waals surface area contributed by atoms with Gasteiger partial charge in [0.25, 0.3) is 0 Å². The highest BCUT2D eigenvalue weighted by molar-refractivity contribution is 5.69. The molecule has 5 nitrogen and oxygen atoms in total. The summed E-state index contributed by atoms with van der Waals surface area (Å²) in [6.45, 7) is 8.49. The largest absolute Gasteiger partial charge is 0.444 e. The molecule has 1 amide bonds. The zero-order valence-electron chi connectivity index (χ0n) is 17.2. The average molecular weight is 393 g/mol. The van der Waals surface area contributed by atoms with E-state index in [1.54, 1.807) is 6.07 Å². The number of hydrogen-bond acceptors (Lipinski definition) is 4. The Labute approximate surface area is 167 Å². The number of nitrogens with zero attached hydrogens (tertiary/aromatic N) is 1. The number of carbonyl (C=O) groups is 1. The highest BCUT2D eigenvalue weighted by Crippen LogP contribution is 2.31. The van der Waals surface area contributed by atoms with Crippen LogP contribution in [0.1, 0.15) is 45.6 Å². The molecule has 2 aliphatic heterocycles. The number of nitrogens with one attached hydrogen (secondary N) is 1. The molecule has 0 aromatic heterocycles. The van der Waals surface area contributed by atoms with Crippen LogP contribution in [0.5, 0.6) is 0 Å². The average Bonchev–Trinajstić information content (AvgIpc) is 3.12. The van der Waals surface area contributed by atoms with E-state index < -0.39 is 5.60 Å². The fourth-order valence-corrected chi connectivity index (χ4v) is 4.27. The number of benzene rings is 1. The van der Waals surface area contributed by atoms with Crippen LogP contribution < -0.4 is 5.32 Å². The van der Waals surface area contributed by atoms with E-state index in [9.17, 15) is 9.18 Å². The summed E-state index contributed by atoms with van der Waals surface area (Å²) in [7, 11) is 0. The Balaban J connectivity index is 1.60. The van der Waals surface area contributed by atoms with Crippen molar-refractivity contribution in [2.75, 3.05) is 26.3 Å². The molecule has 0 spiro atoms. The summed E-state index contributed by atoms with van der Waals surface area (Å²) in [5, 5.41) is 3.61. The number of likely N-dealkylation sites (tertiary alicyclic amines) is 1. The number of halogens is 1. The van der Waals surface area contributed by atoms with E-state index in [0.29, 0.717) is 26.2 Å². The normalized spacial score (nSPS) is 25.7. The van der Waals surface area contributed by atoms with Crippen molar-refractivity contribution in [2.45, 2.75) is 64.1 Å². The Morgan fingerprint density at radius 2 is 2.11 bits per heavy atom. The summed E-state index contributed by atoms with van der Waals surface area (Å²) in [5.74, 6) is 0.0732. The molecule has 0 radical (unpaired) electrons. The molecule has 1 aromatic rings. The Kier molecular flexibility index (Phi) is 6.94. The molecule has 2 saturated heterocycles. The quantitative estimate of drug-likeness (QED) is 0.829. The van der Waals surface area contributed by atoms with Gasteiger partial charge < -0.3 is 19.7 Å². The lowest BCUT2D eigenvalue weighted by Crippen LogP contribution is -2.53. The third-order valence-corrected chi connectivity index (χ3v) is 5.58. The van der Waals surface area contributed by atoms with Crippen LogP contribution in [0.15, 0.2) is 24.3 Å². The van der Waals surface area contributed by atoms with Gasteiger partial charge >= 0.3 is 6.09 Å². The molecule has 1 N–H and O–H groups in total. The van der Waals surface area contributed by atoms with Gasteiger partial charge in [-0.1, -0.05) is 18.2 Å². The van der Waals surface area contributed by atoms with Gasteiger partial charge in [0, 0.05) is 31.2 Å². The highest BCUT2D eigenvalue weighted by atomic mass is 19.1. The van der Waals surface area contributed by atoms with Crippen LogP contribution in [0.2, 0.25) is 0 Å². The molecule has 3 atom stereocenters. The van der Waals surface area contributed by atoms with E-state index in [4.69, 9.17) is 9.47 Å². The van der Waals surface area contributed by atoms with Crippen molar-refractivity contribution in [3.63, 3.8) is 0 Å². The Morgan fingerprint density at radius 3 is 2.86 bits per heavy atom. The van der Waals surface area contributed by atoms with E-state index in [2.05, 4.69) is 5.32 Å². The minimum atomic E-state index is -0.495. The first-order chi connectivity index (χ1) is 13.3. The lowest BCUT2D eigenvalue weighted by atomic mass is 9.87. The number of ether oxygens (including phenoxy) is 2. The second kappa shape index (κ2) is 9.23. The lowest BCUT2D eigenvalue weighted by molar-refractivity contribution is -0.0164. The Morgan fingerprint density at radius 1 is 1.32 bits per heavy atom. The summed E-state index contributed by atoms with van der Waals surface area (Å²) in [6.07, 6.45) is 3.28. The SMILES string of the molecule is CC(C)(C)OC(=O)N1CCCC1C1COCCC1NCCc1ccccc1F. The van der Waals surface area contributed by atoms with Crippen LogP contribution in [-0.4, -0.2) is 55.0 Å². The summed E-state index contributed by atoms with van der Waals surface area (Å²) in [5.41, 5.74) is 0.236. The Bertz CT molecular complexity index is 661. The van der Waals surface area contributed by atoms with Crippen LogP contribution in [-0.2, 0) is 15.9 Å². The van der Waals surface area contributed by atoms with Crippen LogP contribution in [0.25, 0.3) is 0 Å². The van der Waals surface area contributed by atoms with E-state index >= 15 is 0 Å². The summed E-state index contributed by atoms with van der Waals surface area (Å²) in [4.78, 5) is 14.5. The maximum absolute atomic E-state index is 13.8. The van der Waals surface area contributed by atoms with Gasteiger partial charge in [-0.05, 0) is 64.6 Å². The number of rotatable bonds is 5. The van der Waals surface area contributed by atoms with Gasteiger partial charge in [-0.3, -0.25) is 0 Å². The fourth-order valence-electron chi connectivity index (χ4n) is 4.27. The number of hydrogen-bond donors (Lipinski definition) is 1. The van der Waals surface area contributed by atoms with Gasteiger partial charge in [0.1, 0.15) is 11.4 Å².